The van der Waals surface area contributed by atoms with E-state index in [1.165, 1.54) is 21.0 Å². The molecular weight excluding hydrogens is 1140 g/mol. The van der Waals surface area contributed by atoms with Crippen molar-refractivity contribution in [2.24, 2.45) is 22.2 Å². The van der Waals surface area contributed by atoms with Crippen molar-refractivity contribution in [2.45, 2.75) is 109 Å². The molecule has 4 fully saturated rings. The first-order chi connectivity index (χ1) is 40.1. The molecule has 3 amide bonds. The second-order valence-corrected chi connectivity index (χ2v) is 25.4. The van der Waals surface area contributed by atoms with E-state index in [1.54, 1.807) is 39.8 Å². The van der Waals surface area contributed by atoms with Crippen LogP contribution in [0.2, 0.25) is 0 Å². The normalized spacial score (nSPS) is 28.4. The molecule has 4 heterocycles. The van der Waals surface area contributed by atoms with Crippen LogP contribution >= 0.6 is 34.8 Å². The van der Waals surface area contributed by atoms with Gasteiger partial charge in [0.05, 0.1) is 35.0 Å². The zero-order chi connectivity index (χ0) is 59.7. The van der Waals surface area contributed by atoms with Crippen molar-refractivity contribution in [2.75, 3.05) is 59.1 Å². The molecular formula is C64H64Cl3N3O14. The quantitative estimate of drug-likeness (QED) is 0.0743. The van der Waals surface area contributed by atoms with Crippen LogP contribution in [0.5, 0.6) is 17.2 Å². The molecule has 6 aromatic rings. The lowest BCUT2D eigenvalue weighted by Crippen LogP contribution is -2.60. The maximum atomic E-state index is 15.0. The topological polar surface area (TPSA) is 208 Å². The number of ether oxygens (including phenoxy) is 6. The molecule has 6 aromatic carbocycles. The second-order valence-electron chi connectivity index (χ2n) is 24.4. The molecule has 1 saturated heterocycles. The summed E-state index contributed by atoms with van der Waals surface area (Å²) < 4.78 is 34.6. The van der Waals surface area contributed by atoms with Gasteiger partial charge in [0.1, 0.15) is 22.8 Å². The van der Waals surface area contributed by atoms with Crippen molar-refractivity contribution < 1.29 is 67.4 Å². The van der Waals surface area contributed by atoms with E-state index in [1.807, 2.05) is 93.6 Å². The molecule has 1 spiro atoms. The number of halogens is 3. The van der Waals surface area contributed by atoms with Crippen LogP contribution in [0.25, 0.3) is 32.3 Å². The minimum atomic E-state index is -1.44. The minimum absolute atomic E-state index is 0.0182. The van der Waals surface area contributed by atoms with E-state index in [-0.39, 0.29) is 52.7 Å². The lowest BCUT2D eigenvalue weighted by atomic mass is 9.72. The van der Waals surface area contributed by atoms with Gasteiger partial charge in [-0.05, 0) is 72.9 Å². The van der Waals surface area contributed by atoms with E-state index in [2.05, 4.69) is 0 Å². The van der Waals surface area contributed by atoms with E-state index >= 15 is 4.79 Å². The predicted molar refractivity (Wildman–Crippen MR) is 317 cm³/mol. The van der Waals surface area contributed by atoms with Crippen LogP contribution in [0.4, 0.5) is 21.9 Å². The smallest absolute Gasteiger partial charge is 0.414 e. The molecule has 11 atom stereocenters. The number of methoxy groups -OCH3 is 1. The van der Waals surface area contributed by atoms with E-state index < -0.39 is 76.4 Å². The number of amides is 3. The summed E-state index contributed by atoms with van der Waals surface area (Å²) in [5.41, 5.74) is 2.36. The third-order valence-electron chi connectivity index (χ3n) is 18.4. The average Bonchev–Trinajstić information content (AvgIpc) is 1.40. The van der Waals surface area contributed by atoms with Gasteiger partial charge in [-0.1, -0.05) is 79.7 Å². The molecule has 3 aliphatic carbocycles. The Balaban J connectivity index is 0.000000252. The van der Waals surface area contributed by atoms with Gasteiger partial charge in [0.15, 0.2) is 12.2 Å². The highest BCUT2D eigenvalue weighted by Crippen LogP contribution is 3.01. The van der Waals surface area contributed by atoms with Gasteiger partial charge in [0, 0.05) is 115 Å². The Labute approximate surface area is 499 Å². The molecule has 2 N–H and O–H groups in total. The summed E-state index contributed by atoms with van der Waals surface area (Å²) >= 11 is 19.3. The highest BCUT2D eigenvalue weighted by atomic mass is 35.5. The van der Waals surface area contributed by atoms with Gasteiger partial charge in [-0.2, -0.15) is 0 Å². The van der Waals surface area contributed by atoms with Crippen molar-refractivity contribution >= 4 is 120 Å². The number of esters is 3. The molecule has 3 unspecified atom stereocenters. The van der Waals surface area contributed by atoms with Crippen LogP contribution in [0.15, 0.2) is 91.0 Å². The van der Waals surface area contributed by atoms with Gasteiger partial charge in [-0.25, -0.2) is 9.59 Å². The second kappa shape index (κ2) is 20.9. The lowest BCUT2D eigenvalue weighted by Gasteiger charge is -2.43. The van der Waals surface area contributed by atoms with E-state index in [0.29, 0.717) is 78.5 Å². The first kappa shape index (κ1) is 57.4. The summed E-state index contributed by atoms with van der Waals surface area (Å²) in [6, 6.07) is 27.8. The van der Waals surface area contributed by atoms with E-state index in [4.69, 9.17) is 63.2 Å². The number of rotatable bonds is 10. The summed E-state index contributed by atoms with van der Waals surface area (Å²) in [5.74, 6) is -1.77. The van der Waals surface area contributed by atoms with Gasteiger partial charge >= 0.3 is 24.0 Å². The zero-order valence-electron chi connectivity index (χ0n) is 47.4. The Kier molecular flexibility index (Phi) is 14.3. The van der Waals surface area contributed by atoms with Gasteiger partial charge in [0.25, 0.3) is 0 Å². The number of hydrogen-bond acceptors (Lipinski definition) is 14. The first-order valence-electron chi connectivity index (χ1n) is 28.2. The fourth-order valence-electron chi connectivity index (χ4n) is 14.8. The average molecular weight is 1210 g/mol. The van der Waals surface area contributed by atoms with Crippen LogP contribution in [0, 0.1) is 22.2 Å². The highest BCUT2D eigenvalue weighted by molar-refractivity contribution is 6.21. The first-order valence-corrected chi connectivity index (χ1v) is 29.8. The van der Waals surface area contributed by atoms with E-state index in [0.717, 1.165) is 38.2 Å². The number of nitrogens with zero attached hydrogens (tertiary/aromatic N) is 3. The largest absolute Gasteiger partial charge is 0.507 e. The summed E-state index contributed by atoms with van der Waals surface area (Å²) in [6.07, 6.45) is -3.89. The zero-order valence-corrected chi connectivity index (χ0v) is 49.7. The number of anilines is 3. The molecule has 20 heteroatoms. The summed E-state index contributed by atoms with van der Waals surface area (Å²) in [6.45, 7) is 10.7. The number of fused-ring (bicyclic) bond motifs is 9. The highest BCUT2D eigenvalue weighted by Gasteiger charge is 3.01. The van der Waals surface area contributed by atoms with E-state index in [9.17, 15) is 34.2 Å². The monoisotopic (exact) mass is 1200 g/mol. The van der Waals surface area contributed by atoms with Gasteiger partial charge in [0.2, 0.25) is 24.2 Å². The molecule has 3 saturated carbocycles. The van der Waals surface area contributed by atoms with Crippen molar-refractivity contribution in [1.82, 2.24) is 0 Å². The Morgan fingerprint density at radius 2 is 1.02 bits per heavy atom. The number of carbonyl (C=O) groups excluding carboxylic acids is 6. The van der Waals surface area contributed by atoms with Crippen molar-refractivity contribution in [1.29, 1.82) is 0 Å². The molecule has 440 valence electrons. The third-order valence-corrected chi connectivity index (χ3v) is 19.6. The third kappa shape index (κ3) is 8.87. The van der Waals surface area contributed by atoms with Crippen LogP contribution in [-0.2, 0) is 47.7 Å². The van der Waals surface area contributed by atoms with Gasteiger partial charge in [-0.3, -0.25) is 24.1 Å². The molecule has 84 heavy (non-hydrogen) atoms. The SMILES string of the molecule is CC(C)(C)OC(=O)N1C[C@@H](CCl)c2c1cc(O)c1ccccc21.COC(=O)[C@H]1O[C@@H](Oc2cc3c(c4ccccc24)[C@H](CCl)CN3C(=O)C23CC4(C(=O)N5C[C@@H](CCl)c6c5cc(O)c5ccccc65)CC42C3)[C@H](OC(C)=O)[C@@H](OC(C)=O)[C@@H]1C. The van der Waals surface area contributed by atoms with Crippen LogP contribution in [0.1, 0.15) is 95.2 Å². The molecule has 0 aromatic heterocycles. The Bertz CT molecular complexity index is 3780. The molecule has 13 rings (SSSR count). The molecule has 0 bridgehead atoms. The Hall–Kier alpha value is -7.05. The van der Waals surface area contributed by atoms with Gasteiger partial charge in [-0.15, -0.1) is 34.8 Å². The fourth-order valence-corrected chi connectivity index (χ4v) is 15.5. The Morgan fingerprint density at radius 3 is 1.46 bits per heavy atom. The molecule has 0 radical (unpaired) electrons. The van der Waals surface area contributed by atoms with Crippen molar-refractivity contribution in [3.05, 3.63) is 108 Å². The summed E-state index contributed by atoms with van der Waals surface area (Å²) in [4.78, 5) is 85.1. The van der Waals surface area contributed by atoms with Crippen LogP contribution < -0.4 is 19.4 Å². The predicted octanol–water partition coefficient (Wildman–Crippen LogP) is 11.3. The summed E-state index contributed by atoms with van der Waals surface area (Å²) in [5, 5.41) is 26.1. The number of carbonyl (C=O) groups is 6. The number of aromatic hydroxyl groups is 2. The number of hydrogen-bond donors (Lipinski definition) is 2. The Morgan fingerprint density at radius 1 is 0.607 bits per heavy atom. The number of phenolic OH excluding ortho intramolecular Hbond substituents is 2. The molecule has 7 aliphatic rings. The number of alkyl halides is 3. The van der Waals surface area contributed by atoms with Crippen molar-refractivity contribution in [3.8, 4) is 17.2 Å². The fraction of sp³-hybridized carbons (Fsp3) is 0.438. The minimum Gasteiger partial charge on any atom is -0.507 e. The number of benzene rings is 6. The van der Waals surface area contributed by atoms with Crippen molar-refractivity contribution in [3.63, 3.8) is 0 Å². The van der Waals surface area contributed by atoms with Gasteiger partial charge < -0.3 is 48.4 Å². The maximum absolute atomic E-state index is 15.0. The summed E-state index contributed by atoms with van der Waals surface area (Å²) in [7, 11) is 1.21. The maximum Gasteiger partial charge on any atom is 0.414 e. The number of phenols is 2. The standard InChI is InChI=1S/C46H44Cl2N2O11.C18H20ClNO3/c1-22-37(58-23(2)51)39(59-24(3)52)41(61-38(22)40(54)57-4)60-34-14-32-36(30-12-8-6-10-28(30)34)26(16-48)18-50(32)43(56)45-19-44(20-46(44,45)21-45)42(55)49-17-25(15-47)35-29-11-7-5-9-27(29)33(53)13-31(35)49;1-18(2,3)23-17(22)20-10-11(9-19)16-13-7-5-4-6-12(13)15(21)8-14(16)20/h5-14,22,25-26,37-39,41,53H,15-21H2,1-4H3;4-8,11,21H,9-10H2,1-3H3/t22-,25+,26+,37-,38-,39+,41+,44?,45?,46?;11-/m01/s1. The van der Waals surface area contributed by atoms with Crippen LogP contribution in [-0.4, -0.2) is 121 Å². The van der Waals surface area contributed by atoms with Crippen LogP contribution in [0.3, 0.4) is 0 Å². The molecule has 17 nitrogen and oxygen atoms in total. The lowest BCUT2D eigenvalue weighted by molar-refractivity contribution is -0.266. The molecule has 4 aliphatic heterocycles.